The van der Waals surface area contributed by atoms with Crippen molar-refractivity contribution in [1.29, 1.82) is 0 Å². The lowest BCUT2D eigenvalue weighted by Crippen LogP contribution is -2.38. The number of benzene rings is 1. The summed E-state index contributed by atoms with van der Waals surface area (Å²) in [6.45, 7) is 4.31. The highest BCUT2D eigenvalue weighted by atomic mass is 32.2. The van der Waals surface area contributed by atoms with E-state index < -0.39 is 12.0 Å². The second-order valence-corrected chi connectivity index (χ2v) is 7.12. The third-order valence-corrected chi connectivity index (χ3v) is 5.42. The van der Waals surface area contributed by atoms with Crippen molar-refractivity contribution in [3.05, 3.63) is 58.0 Å². The van der Waals surface area contributed by atoms with Crippen LogP contribution < -0.4 is 5.32 Å². The maximum Gasteiger partial charge on any atom is 0.338 e. The maximum absolute atomic E-state index is 13.5. The number of nitrogens with zero attached hydrogens (tertiary/aromatic N) is 2. The number of aliphatic imine (C=N–C) groups is 1. The van der Waals surface area contributed by atoms with Crippen molar-refractivity contribution >= 4 is 28.8 Å². The highest BCUT2D eigenvalue weighted by Gasteiger charge is 2.41. The molecule has 0 aliphatic carbocycles. The fourth-order valence-electron chi connectivity index (χ4n) is 3.30. The molecule has 0 saturated carbocycles. The molecule has 1 aromatic carbocycles. The molecule has 0 spiro atoms. The van der Waals surface area contributed by atoms with E-state index >= 15 is 0 Å². The lowest BCUT2D eigenvalue weighted by atomic mass is 9.93. The number of hydrogen-bond acceptors (Lipinski definition) is 6. The second-order valence-electron chi connectivity index (χ2n) is 6.28. The molecule has 3 rings (SSSR count). The van der Waals surface area contributed by atoms with Gasteiger partial charge in [0.15, 0.2) is 5.17 Å². The summed E-state index contributed by atoms with van der Waals surface area (Å²) in [6.07, 6.45) is 0.707. The maximum atomic E-state index is 13.5. The molecule has 2 heterocycles. The Morgan fingerprint density at radius 1 is 1.29 bits per heavy atom. The van der Waals surface area contributed by atoms with Gasteiger partial charge in [0.05, 0.1) is 30.8 Å². The van der Waals surface area contributed by atoms with Crippen LogP contribution in [0.2, 0.25) is 0 Å². The molecular weight excluding hydrogens is 381 g/mol. The Morgan fingerprint density at radius 3 is 2.61 bits per heavy atom. The lowest BCUT2D eigenvalue weighted by molar-refractivity contribution is -0.136. The van der Waals surface area contributed by atoms with E-state index in [1.807, 2.05) is 24.2 Å². The summed E-state index contributed by atoms with van der Waals surface area (Å²) < 4.78 is 18.5. The zero-order valence-corrected chi connectivity index (χ0v) is 16.8. The molecule has 148 valence electrons. The van der Waals surface area contributed by atoms with Gasteiger partial charge in [-0.05, 0) is 36.4 Å². The molecule has 6 nitrogen and oxygen atoms in total. The number of methoxy groups -OCH3 is 1. The van der Waals surface area contributed by atoms with E-state index in [2.05, 4.69) is 10.3 Å². The Balaban J connectivity index is 2.09. The third kappa shape index (κ3) is 3.82. The van der Waals surface area contributed by atoms with Crippen molar-refractivity contribution in [2.75, 3.05) is 13.7 Å². The van der Waals surface area contributed by atoms with Gasteiger partial charge >= 0.3 is 5.97 Å². The van der Waals surface area contributed by atoms with Gasteiger partial charge in [0, 0.05) is 12.2 Å². The first-order valence-electron chi connectivity index (χ1n) is 9.07. The van der Waals surface area contributed by atoms with E-state index in [4.69, 9.17) is 4.74 Å². The van der Waals surface area contributed by atoms with Crippen molar-refractivity contribution in [1.82, 2.24) is 10.2 Å². The first-order chi connectivity index (χ1) is 13.5. The number of allylic oxidation sites excluding steroid dienone is 1. The van der Waals surface area contributed by atoms with Gasteiger partial charge in [-0.15, -0.1) is 0 Å². The number of fused-ring (bicyclic) bond motifs is 1. The van der Waals surface area contributed by atoms with E-state index in [1.54, 1.807) is 12.1 Å². The monoisotopic (exact) mass is 403 g/mol. The number of amides is 1. The third-order valence-electron chi connectivity index (χ3n) is 4.53. The van der Waals surface area contributed by atoms with Crippen LogP contribution in [-0.4, -0.2) is 35.6 Å². The first-order valence-corrected chi connectivity index (χ1v) is 9.95. The van der Waals surface area contributed by atoms with Gasteiger partial charge in [-0.3, -0.25) is 4.79 Å². The molecule has 1 amide bonds. The van der Waals surface area contributed by atoms with Gasteiger partial charge in [0.25, 0.3) is 0 Å². The van der Waals surface area contributed by atoms with Crippen LogP contribution in [0.3, 0.4) is 0 Å². The van der Waals surface area contributed by atoms with Gasteiger partial charge in [-0.25, -0.2) is 14.2 Å². The molecule has 0 radical (unpaired) electrons. The number of amidine groups is 1. The Labute approximate surface area is 167 Å². The summed E-state index contributed by atoms with van der Waals surface area (Å²) in [5, 5.41) is 5.35. The number of esters is 1. The Kier molecular flexibility index (Phi) is 6.18. The molecule has 1 unspecified atom stereocenters. The molecule has 0 bridgehead atoms. The molecule has 0 fully saturated rings. The normalized spacial score (nSPS) is 18.4. The number of nitrogens with one attached hydrogen (secondary N) is 1. The molecule has 1 atom stereocenters. The van der Waals surface area contributed by atoms with Crippen LogP contribution in [-0.2, 0) is 14.3 Å². The molecule has 0 saturated heterocycles. The minimum absolute atomic E-state index is 0.113. The van der Waals surface area contributed by atoms with Gasteiger partial charge in [-0.2, -0.15) is 0 Å². The predicted molar refractivity (Wildman–Crippen MR) is 107 cm³/mol. The van der Waals surface area contributed by atoms with Gasteiger partial charge in [0.1, 0.15) is 5.82 Å². The van der Waals surface area contributed by atoms with Crippen LogP contribution in [0.4, 0.5) is 4.39 Å². The van der Waals surface area contributed by atoms with E-state index in [0.717, 1.165) is 11.3 Å². The van der Waals surface area contributed by atoms with E-state index in [0.29, 0.717) is 29.4 Å². The Morgan fingerprint density at radius 2 is 2.00 bits per heavy atom. The highest BCUT2D eigenvalue weighted by Crippen LogP contribution is 2.45. The van der Waals surface area contributed by atoms with Gasteiger partial charge in [0.2, 0.25) is 5.91 Å². The van der Waals surface area contributed by atoms with Gasteiger partial charge in [-0.1, -0.05) is 30.8 Å². The summed E-state index contributed by atoms with van der Waals surface area (Å²) >= 11 is 1.41. The van der Waals surface area contributed by atoms with Crippen molar-refractivity contribution in [2.24, 2.45) is 4.99 Å². The largest absolute Gasteiger partial charge is 0.466 e. The molecule has 28 heavy (non-hydrogen) atoms. The van der Waals surface area contributed by atoms with Crippen LogP contribution in [0.1, 0.15) is 38.3 Å². The van der Waals surface area contributed by atoms with E-state index in [-0.39, 0.29) is 18.1 Å². The number of carbonyl (C=O) groups excluding carboxylic acids is 2. The van der Waals surface area contributed by atoms with Crippen LogP contribution in [0.15, 0.2) is 51.6 Å². The summed E-state index contributed by atoms with van der Waals surface area (Å²) in [7, 11) is 1.33. The van der Waals surface area contributed by atoms with Crippen molar-refractivity contribution in [3.8, 4) is 0 Å². The number of hydrogen-bond donors (Lipinski definition) is 1. The molecule has 1 N–H and O–H groups in total. The van der Waals surface area contributed by atoms with Crippen LogP contribution in [0.5, 0.6) is 0 Å². The molecule has 0 aromatic heterocycles. The summed E-state index contributed by atoms with van der Waals surface area (Å²) in [5.41, 5.74) is 2.50. The number of ether oxygens (including phenoxy) is 1. The smallest absolute Gasteiger partial charge is 0.338 e. The van der Waals surface area contributed by atoms with Gasteiger partial charge < -0.3 is 15.0 Å². The number of rotatable bonds is 6. The number of carbonyl (C=O) groups is 2. The highest BCUT2D eigenvalue weighted by molar-refractivity contribution is 8.16. The molecule has 2 aliphatic rings. The van der Waals surface area contributed by atoms with E-state index in [1.165, 1.54) is 31.0 Å². The standard InChI is InChI=1S/C20H22FN3O3S/c1-4-15-17(19(26)27-3)18(12-6-8-13(21)9-7-12)24-14(10-16(25)22-5-2)11-28-20(24)23-15/h6-9,11,18H,4-5,10H2,1-3H3,(H,22,25). The minimum atomic E-state index is -0.536. The number of thioether (sulfide) groups is 1. The topological polar surface area (TPSA) is 71.0 Å². The molecule has 8 heteroatoms. The quantitative estimate of drug-likeness (QED) is 0.737. The zero-order valence-electron chi connectivity index (χ0n) is 16.0. The van der Waals surface area contributed by atoms with Crippen LogP contribution in [0, 0.1) is 5.82 Å². The molecular formula is C20H22FN3O3S. The predicted octanol–water partition coefficient (Wildman–Crippen LogP) is 3.49. The summed E-state index contributed by atoms with van der Waals surface area (Å²) in [4.78, 5) is 31.3. The average molecular weight is 403 g/mol. The number of halogens is 1. The van der Waals surface area contributed by atoms with Crippen molar-refractivity contribution in [3.63, 3.8) is 0 Å². The lowest BCUT2D eigenvalue weighted by Gasteiger charge is -2.36. The fraction of sp³-hybridized carbons (Fsp3) is 0.350. The minimum Gasteiger partial charge on any atom is -0.466 e. The summed E-state index contributed by atoms with van der Waals surface area (Å²) in [6, 6.07) is 5.47. The van der Waals surface area contributed by atoms with Crippen molar-refractivity contribution in [2.45, 2.75) is 32.7 Å². The fourth-order valence-corrected chi connectivity index (χ4v) is 4.23. The second kappa shape index (κ2) is 8.60. The molecule has 1 aromatic rings. The summed E-state index contributed by atoms with van der Waals surface area (Å²) in [5.74, 6) is -0.955. The zero-order chi connectivity index (χ0) is 20.3. The van der Waals surface area contributed by atoms with E-state index in [9.17, 15) is 14.0 Å². The van der Waals surface area contributed by atoms with Crippen LogP contribution in [0.25, 0.3) is 0 Å². The first kappa shape index (κ1) is 20.1. The average Bonchev–Trinajstić information content (AvgIpc) is 3.09. The Hall–Kier alpha value is -2.61. The van der Waals surface area contributed by atoms with Crippen LogP contribution >= 0.6 is 11.8 Å². The Bertz CT molecular complexity index is 877. The molecule has 2 aliphatic heterocycles. The SMILES string of the molecule is CCNC(=O)CC1=CSC2=NC(CC)=C(C(=O)OC)C(c3ccc(F)cc3)N12. The van der Waals surface area contributed by atoms with Crippen molar-refractivity contribution < 1.29 is 18.7 Å².